The molecule has 0 bridgehead atoms. The highest BCUT2D eigenvalue weighted by Gasteiger charge is 2.24. The van der Waals surface area contributed by atoms with Crippen LogP contribution in [-0.4, -0.2) is 46.9 Å². The second-order valence-electron chi connectivity index (χ2n) is 20.1. The van der Waals surface area contributed by atoms with Crippen LogP contribution in [0, 0.1) is 0 Å². The molecule has 0 heterocycles. The third-order valence-electron chi connectivity index (χ3n) is 13.6. The first-order chi connectivity index (χ1) is 31.5. The average molecular weight is 905 g/mol. The third-order valence-corrected chi connectivity index (χ3v) is 13.6. The molecule has 64 heavy (non-hydrogen) atoms. The van der Waals surface area contributed by atoms with E-state index in [4.69, 9.17) is 4.74 Å². The molecule has 0 rings (SSSR count). The highest BCUT2D eigenvalue weighted by molar-refractivity contribution is 5.77. The van der Waals surface area contributed by atoms with E-state index in [1.807, 2.05) is 0 Å². The van der Waals surface area contributed by atoms with E-state index >= 15 is 0 Å². The molecular formula is C58H113NO5. The maximum Gasteiger partial charge on any atom is 0.306 e. The van der Waals surface area contributed by atoms with Gasteiger partial charge in [0, 0.05) is 6.42 Å². The number of rotatable bonds is 53. The molecule has 0 aliphatic heterocycles. The summed E-state index contributed by atoms with van der Waals surface area (Å²) in [6.45, 7) is 6.51. The van der Waals surface area contributed by atoms with Crippen molar-refractivity contribution in [3.63, 3.8) is 0 Å². The molecule has 3 N–H and O–H groups in total. The summed E-state index contributed by atoms with van der Waals surface area (Å²) in [6.07, 6.45) is 59.9. The Bertz CT molecular complexity index is 970. The Balaban J connectivity index is 4.48. The molecule has 0 fully saturated rings. The molecule has 0 aromatic heterocycles. The first-order valence-corrected chi connectivity index (χ1v) is 28.9. The number of hydrogen-bond acceptors (Lipinski definition) is 5. The zero-order valence-electron chi connectivity index (χ0n) is 43.4. The molecule has 0 aliphatic carbocycles. The number of amides is 1. The number of esters is 1. The van der Waals surface area contributed by atoms with Crippen LogP contribution >= 0.6 is 0 Å². The second-order valence-corrected chi connectivity index (χ2v) is 20.1. The van der Waals surface area contributed by atoms with Crippen LogP contribution in [0.4, 0.5) is 0 Å². The lowest BCUT2D eigenvalue weighted by Gasteiger charge is -2.24. The maximum atomic E-state index is 13.2. The number of ether oxygens (including phenoxy) is 1. The summed E-state index contributed by atoms with van der Waals surface area (Å²) in [7, 11) is 0. The number of aliphatic hydroxyl groups is 2. The van der Waals surface area contributed by atoms with E-state index in [0.717, 1.165) is 44.9 Å². The fourth-order valence-electron chi connectivity index (χ4n) is 9.19. The largest absolute Gasteiger partial charge is 0.462 e. The minimum absolute atomic E-state index is 0.0848. The standard InChI is InChI=1S/C58H113NO5/c1-4-7-10-13-16-19-22-24-26-27-28-29-31-33-36-39-42-45-48-51-58(63)64-54(49-46-43-40-37-35-32-30-25-23-20-17-14-11-8-5-2)52-57(62)59-55(53-60)56(61)50-47-44-41-38-34-21-18-15-12-9-6-3/h24,26,54-56,60-61H,4-23,25,27-53H2,1-3H3,(H,59,62)/b26-24+. The number of allylic oxidation sites excluding steroid dienone is 2. The van der Waals surface area contributed by atoms with E-state index in [1.54, 1.807) is 0 Å². The van der Waals surface area contributed by atoms with Crippen LogP contribution in [0.25, 0.3) is 0 Å². The predicted octanol–water partition coefficient (Wildman–Crippen LogP) is 17.7. The van der Waals surface area contributed by atoms with E-state index < -0.39 is 18.2 Å². The zero-order chi connectivity index (χ0) is 46.7. The van der Waals surface area contributed by atoms with E-state index in [2.05, 4.69) is 38.2 Å². The van der Waals surface area contributed by atoms with Crippen molar-refractivity contribution in [3.8, 4) is 0 Å². The molecule has 0 radical (unpaired) electrons. The number of carbonyl (C=O) groups is 2. The van der Waals surface area contributed by atoms with Crippen molar-refractivity contribution in [2.75, 3.05) is 6.61 Å². The van der Waals surface area contributed by atoms with Crippen LogP contribution < -0.4 is 5.32 Å². The number of unbranched alkanes of at least 4 members (excludes halogenated alkanes) is 39. The van der Waals surface area contributed by atoms with E-state index in [0.29, 0.717) is 19.3 Å². The lowest BCUT2D eigenvalue weighted by atomic mass is 10.0. The molecule has 6 heteroatoms. The van der Waals surface area contributed by atoms with Gasteiger partial charge in [0.15, 0.2) is 0 Å². The van der Waals surface area contributed by atoms with Crippen molar-refractivity contribution < 1.29 is 24.5 Å². The molecule has 0 aliphatic rings. The number of hydrogen-bond donors (Lipinski definition) is 3. The normalized spacial score (nSPS) is 13.1. The molecule has 3 atom stereocenters. The quantitative estimate of drug-likeness (QED) is 0.0321. The topological polar surface area (TPSA) is 95.9 Å². The van der Waals surface area contributed by atoms with Crippen molar-refractivity contribution in [2.24, 2.45) is 0 Å². The molecule has 0 aromatic carbocycles. The second kappa shape index (κ2) is 52.6. The molecule has 0 saturated carbocycles. The van der Waals surface area contributed by atoms with Gasteiger partial charge in [-0.25, -0.2) is 0 Å². The van der Waals surface area contributed by atoms with Gasteiger partial charge in [-0.05, 0) is 51.4 Å². The summed E-state index contributed by atoms with van der Waals surface area (Å²) in [5.74, 6) is -0.453. The van der Waals surface area contributed by atoms with Gasteiger partial charge in [-0.3, -0.25) is 9.59 Å². The van der Waals surface area contributed by atoms with E-state index in [1.165, 1.54) is 231 Å². The molecule has 6 nitrogen and oxygen atoms in total. The van der Waals surface area contributed by atoms with Crippen molar-refractivity contribution in [2.45, 2.75) is 341 Å². The van der Waals surface area contributed by atoms with Gasteiger partial charge in [-0.2, -0.15) is 0 Å². The number of aliphatic hydroxyl groups excluding tert-OH is 2. The Kier molecular flexibility index (Phi) is 51.4. The molecule has 0 aromatic rings. The van der Waals surface area contributed by atoms with Crippen LogP contribution in [0.1, 0.15) is 323 Å². The van der Waals surface area contributed by atoms with E-state index in [9.17, 15) is 19.8 Å². The SMILES string of the molecule is CCCCCCCC/C=C/CCCCCCCCCCCC(=O)OC(CCCCCCCCCCCCCCCCC)CC(=O)NC(CO)C(O)CCCCCCCCCCCCC. The molecule has 3 unspecified atom stereocenters. The minimum atomic E-state index is -0.782. The Labute approximate surface area is 399 Å². The van der Waals surface area contributed by atoms with Crippen molar-refractivity contribution in [1.29, 1.82) is 0 Å². The monoisotopic (exact) mass is 904 g/mol. The first kappa shape index (κ1) is 62.6. The summed E-state index contributed by atoms with van der Waals surface area (Å²) < 4.78 is 5.97. The molecule has 380 valence electrons. The van der Waals surface area contributed by atoms with Gasteiger partial charge in [0.25, 0.3) is 0 Å². The molecule has 0 saturated heterocycles. The smallest absolute Gasteiger partial charge is 0.306 e. The summed E-state index contributed by atoms with van der Waals surface area (Å²) in [5, 5.41) is 23.8. The van der Waals surface area contributed by atoms with Crippen LogP contribution in [0.5, 0.6) is 0 Å². The summed E-state index contributed by atoms with van der Waals surface area (Å²) in [6, 6.07) is -0.695. The lowest BCUT2D eigenvalue weighted by Crippen LogP contribution is -2.46. The van der Waals surface area contributed by atoms with Gasteiger partial charge >= 0.3 is 5.97 Å². The summed E-state index contributed by atoms with van der Waals surface area (Å²) in [4.78, 5) is 26.3. The predicted molar refractivity (Wildman–Crippen MR) is 278 cm³/mol. The lowest BCUT2D eigenvalue weighted by molar-refractivity contribution is -0.151. The van der Waals surface area contributed by atoms with Crippen LogP contribution in [-0.2, 0) is 14.3 Å². The minimum Gasteiger partial charge on any atom is -0.462 e. The summed E-state index contributed by atoms with van der Waals surface area (Å²) in [5.41, 5.74) is 0. The van der Waals surface area contributed by atoms with Crippen molar-refractivity contribution in [3.05, 3.63) is 12.2 Å². The summed E-state index contributed by atoms with van der Waals surface area (Å²) >= 11 is 0. The van der Waals surface area contributed by atoms with Gasteiger partial charge < -0.3 is 20.3 Å². The van der Waals surface area contributed by atoms with Gasteiger partial charge in [-0.1, -0.05) is 270 Å². The fraction of sp³-hybridized carbons (Fsp3) is 0.931. The highest BCUT2D eigenvalue weighted by Crippen LogP contribution is 2.19. The van der Waals surface area contributed by atoms with Crippen LogP contribution in [0.2, 0.25) is 0 Å². The van der Waals surface area contributed by atoms with Crippen LogP contribution in [0.3, 0.4) is 0 Å². The molecular weight excluding hydrogens is 791 g/mol. The highest BCUT2D eigenvalue weighted by atomic mass is 16.5. The van der Waals surface area contributed by atoms with Gasteiger partial charge in [0.05, 0.1) is 25.2 Å². The van der Waals surface area contributed by atoms with Crippen molar-refractivity contribution in [1.82, 2.24) is 5.32 Å². The maximum absolute atomic E-state index is 13.2. The Morgan fingerprint density at radius 2 is 0.750 bits per heavy atom. The van der Waals surface area contributed by atoms with Gasteiger partial charge in [0.1, 0.15) is 6.10 Å². The zero-order valence-corrected chi connectivity index (χ0v) is 43.4. The van der Waals surface area contributed by atoms with Gasteiger partial charge in [0.2, 0.25) is 5.91 Å². The third kappa shape index (κ3) is 47.1. The number of nitrogens with one attached hydrogen (secondary N) is 1. The van der Waals surface area contributed by atoms with Crippen molar-refractivity contribution >= 4 is 11.9 Å². The molecule has 1 amide bonds. The number of carbonyl (C=O) groups excluding carboxylic acids is 2. The van der Waals surface area contributed by atoms with Gasteiger partial charge in [-0.15, -0.1) is 0 Å². The Hall–Kier alpha value is -1.40. The average Bonchev–Trinajstić information content (AvgIpc) is 3.29. The van der Waals surface area contributed by atoms with E-state index in [-0.39, 0.29) is 24.9 Å². The fourth-order valence-corrected chi connectivity index (χ4v) is 9.19. The Morgan fingerprint density at radius 1 is 0.438 bits per heavy atom. The van der Waals surface area contributed by atoms with Crippen LogP contribution in [0.15, 0.2) is 12.2 Å². The first-order valence-electron chi connectivity index (χ1n) is 28.9. The molecule has 0 spiro atoms. The Morgan fingerprint density at radius 3 is 1.11 bits per heavy atom.